The summed E-state index contributed by atoms with van der Waals surface area (Å²) in [5.74, 6) is -0.214. The number of carbonyl (C=O) groups is 1. The second-order valence-corrected chi connectivity index (χ2v) is 8.97. The molecule has 0 aromatic heterocycles. The molecule has 0 unspecified atom stereocenters. The molecule has 0 saturated heterocycles. The number of nitrogens with two attached hydrogens (primary N) is 1. The molecule has 2 atom stereocenters. The van der Waals surface area contributed by atoms with Crippen molar-refractivity contribution >= 4 is 33.0 Å². The molecule has 142 valence electrons. The Hall–Kier alpha value is -2.15. The van der Waals surface area contributed by atoms with Crippen LogP contribution in [0.1, 0.15) is 18.5 Å². The molecule has 27 heavy (non-hydrogen) atoms. The summed E-state index contributed by atoms with van der Waals surface area (Å²) in [4.78, 5) is 14.6. The first-order chi connectivity index (χ1) is 12.9. The van der Waals surface area contributed by atoms with Gasteiger partial charge in [0.2, 0.25) is 0 Å². The number of carbonyl (C=O) groups excluding carboxylic acids is 1. The molecule has 2 aromatic rings. The molecular weight excluding hydrogens is 384 g/mol. The molecule has 0 bridgehead atoms. The van der Waals surface area contributed by atoms with Gasteiger partial charge in [-0.25, -0.2) is 8.42 Å². The third kappa shape index (κ3) is 4.97. The van der Waals surface area contributed by atoms with E-state index in [2.05, 4.69) is 0 Å². The first-order valence-corrected chi connectivity index (χ1v) is 10.8. The van der Waals surface area contributed by atoms with Crippen molar-refractivity contribution in [2.24, 2.45) is 0 Å². The van der Waals surface area contributed by atoms with E-state index < -0.39 is 15.9 Å². The topological polar surface area (TPSA) is 71.1 Å². The summed E-state index contributed by atoms with van der Waals surface area (Å²) in [5.41, 5.74) is 1.77. The van der Waals surface area contributed by atoms with E-state index in [9.17, 15) is 13.2 Å². The van der Waals surface area contributed by atoms with E-state index >= 15 is 0 Å². The third-order valence-electron chi connectivity index (χ3n) is 4.59. The highest BCUT2D eigenvalue weighted by Crippen LogP contribution is 2.22. The number of anilines is 1. The van der Waals surface area contributed by atoms with Gasteiger partial charge in [0.1, 0.15) is 6.04 Å². The Bertz CT molecular complexity index is 927. The predicted octanol–water partition coefficient (Wildman–Crippen LogP) is 2.31. The number of benzene rings is 2. The number of hydrogen-bond donors (Lipinski definition) is 1. The minimum atomic E-state index is -3.26. The number of hydrogen-bond acceptors (Lipinski definition) is 3. The molecule has 1 amide bonds. The van der Waals surface area contributed by atoms with E-state index in [1.165, 1.54) is 5.41 Å². The Labute approximate surface area is 164 Å². The Morgan fingerprint density at radius 1 is 1.19 bits per heavy atom. The van der Waals surface area contributed by atoms with Gasteiger partial charge >= 0.3 is 0 Å². The molecule has 5 nitrogen and oxygen atoms in total. The standard InChI is InChI=1S/C20H21ClN2O3S/c1-15(16-7-9-17(21)10-8-16)22-13-20(24)23(18-5-3-2-4-6-18)19-11-12-27(25,26)14-19/h2-12,15,19,22H,13-14H2,1H3/p+1/t15-,19-/m1/s1. The Kier molecular flexibility index (Phi) is 5.99. The summed E-state index contributed by atoms with van der Waals surface area (Å²) in [6, 6.07) is 16.3. The van der Waals surface area contributed by atoms with Crippen LogP contribution in [0.2, 0.25) is 5.02 Å². The van der Waals surface area contributed by atoms with Gasteiger partial charge in [0, 0.05) is 21.7 Å². The van der Waals surface area contributed by atoms with Gasteiger partial charge in [-0.15, -0.1) is 0 Å². The predicted molar refractivity (Wildman–Crippen MR) is 107 cm³/mol. The maximum atomic E-state index is 13.0. The van der Waals surface area contributed by atoms with Crippen LogP contribution in [0.4, 0.5) is 5.69 Å². The molecule has 0 spiro atoms. The number of para-hydroxylation sites is 1. The lowest BCUT2D eigenvalue weighted by Gasteiger charge is -2.27. The fourth-order valence-corrected chi connectivity index (χ4v) is 4.50. The quantitative estimate of drug-likeness (QED) is 0.801. The van der Waals surface area contributed by atoms with E-state index in [1.807, 2.05) is 66.8 Å². The van der Waals surface area contributed by atoms with Crippen LogP contribution in [0.15, 0.2) is 66.1 Å². The van der Waals surface area contributed by atoms with Gasteiger partial charge in [-0.05, 0) is 37.3 Å². The number of nitrogens with zero attached hydrogens (tertiary/aromatic N) is 1. The molecule has 7 heteroatoms. The Balaban J connectivity index is 1.73. The number of amides is 1. The van der Waals surface area contributed by atoms with Gasteiger partial charge in [-0.2, -0.15) is 0 Å². The molecule has 0 aliphatic carbocycles. The zero-order valence-electron chi connectivity index (χ0n) is 15.0. The lowest BCUT2D eigenvalue weighted by Crippen LogP contribution is -2.87. The maximum absolute atomic E-state index is 13.0. The van der Waals surface area contributed by atoms with Crippen molar-refractivity contribution in [3.05, 3.63) is 76.7 Å². The van der Waals surface area contributed by atoms with Gasteiger partial charge in [0.15, 0.2) is 16.4 Å². The summed E-state index contributed by atoms with van der Waals surface area (Å²) < 4.78 is 23.7. The number of sulfone groups is 1. The Morgan fingerprint density at radius 3 is 2.44 bits per heavy atom. The molecule has 0 radical (unpaired) electrons. The van der Waals surface area contributed by atoms with E-state index in [1.54, 1.807) is 11.0 Å². The molecule has 1 aliphatic heterocycles. The molecule has 0 fully saturated rings. The number of halogens is 1. The largest absolute Gasteiger partial charge is 0.333 e. The Morgan fingerprint density at radius 2 is 1.85 bits per heavy atom. The summed E-state index contributed by atoms with van der Waals surface area (Å²) in [6.45, 7) is 2.23. The highest BCUT2D eigenvalue weighted by atomic mass is 35.5. The summed E-state index contributed by atoms with van der Waals surface area (Å²) in [5, 5.41) is 3.81. The monoisotopic (exact) mass is 405 g/mol. The van der Waals surface area contributed by atoms with Crippen molar-refractivity contribution in [3.8, 4) is 0 Å². The molecule has 1 heterocycles. The van der Waals surface area contributed by atoms with Crippen LogP contribution in [0, 0.1) is 0 Å². The van der Waals surface area contributed by atoms with Gasteiger partial charge < -0.3 is 5.32 Å². The van der Waals surface area contributed by atoms with Crippen LogP contribution < -0.4 is 10.2 Å². The SMILES string of the molecule is C[C@@H]([NH2+]CC(=O)N(c1ccccc1)[C@@H]1C=CS(=O)(=O)C1)c1ccc(Cl)cc1. The average Bonchev–Trinajstić information content (AvgIpc) is 3.00. The first-order valence-electron chi connectivity index (χ1n) is 8.72. The van der Waals surface area contributed by atoms with Crippen LogP contribution in [0.5, 0.6) is 0 Å². The minimum Gasteiger partial charge on any atom is -0.333 e. The summed E-state index contributed by atoms with van der Waals surface area (Å²) >= 11 is 5.92. The summed E-state index contributed by atoms with van der Waals surface area (Å²) in [7, 11) is -3.26. The van der Waals surface area contributed by atoms with Crippen molar-refractivity contribution < 1.29 is 18.5 Å². The van der Waals surface area contributed by atoms with Crippen molar-refractivity contribution in [2.45, 2.75) is 19.0 Å². The average molecular weight is 406 g/mol. The lowest BCUT2D eigenvalue weighted by molar-refractivity contribution is -0.682. The second-order valence-electron chi connectivity index (χ2n) is 6.60. The zero-order valence-corrected chi connectivity index (χ0v) is 16.5. The molecular formula is C20H22ClN2O3S+. The third-order valence-corrected chi connectivity index (χ3v) is 6.22. The van der Waals surface area contributed by atoms with Crippen LogP contribution in [0.3, 0.4) is 0 Å². The molecule has 0 saturated carbocycles. The fraction of sp³-hybridized carbons (Fsp3) is 0.250. The summed E-state index contributed by atoms with van der Waals surface area (Å²) in [6.07, 6.45) is 1.59. The molecule has 3 rings (SSSR count). The van der Waals surface area contributed by atoms with E-state index in [0.29, 0.717) is 10.7 Å². The number of quaternary nitrogens is 1. The maximum Gasteiger partial charge on any atom is 0.282 e. The van der Waals surface area contributed by atoms with Crippen LogP contribution in [-0.4, -0.2) is 32.7 Å². The smallest absolute Gasteiger partial charge is 0.282 e. The van der Waals surface area contributed by atoms with Gasteiger partial charge in [-0.1, -0.05) is 41.9 Å². The van der Waals surface area contributed by atoms with Crippen LogP contribution in [0.25, 0.3) is 0 Å². The van der Waals surface area contributed by atoms with Crippen molar-refractivity contribution in [2.75, 3.05) is 17.2 Å². The van der Waals surface area contributed by atoms with Crippen LogP contribution >= 0.6 is 11.6 Å². The number of rotatable bonds is 6. The highest BCUT2D eigenvalue weighted by molar-refractivity contribution is 7.94. The van der Waals surface area contributed by atoms with Gasteiger partial charge in [0.05, 0.1) is 11.8 Å². The van der Waals surface area contributed by atoms with Crippen molar-refractivity contribution in [3.63, 3.8) is 0 Å². The van der Waals surface area contributed by atoms with Gasteiger partial charge in [0.25, 0.3) is 5.91 Å². The highest BCUT2D eigenvalue weighted by Gasteiger charge is 2.32. The lowest BCUT2D eigenvalue weighted by atomic mass is 10.1. The van der Waals surface area contributed by atoms with Gasteiger partial charge in [-0.3, -0.25) is 9.69 Å². The molecule has 2 aromatic carbocycles. The van der Waals surface area contributed by atoms with Crippen LogP contribution in [-0.2, 0) is 14.6 Å². The normalized spacial score (nSPS) is 19.0. The van der Waals surface area contributed by atoms with E-state index in [-0.39, 0.29) is 24.2 Å². The molecule has 1 aliphatic rings. The minimum absolute atomic E-state index is 0.0756. The second kappa shape index (κ2) is 8.25. The van der Waals surface area contributed by atoms with E-state index in [4.69, 9.17) is 11.6 Å². The molecule has 2 N–H and O–H groups in total. The van der Waals surface area contributed by atoms with Crippen molar-refractivity contribution in [1.29, 1.82) is 0 Å². The zero-order chi connectivity index (χ0) is 19.4. The van der Waals surface area contributed by atoms with Crippen molar-refractivity contribution in [1.82, 2.24) is 0 Å². The van der Waals surface area contributed by atoms with E-state index in [0.717, 1.165) is 5.56 Å². The first kappa shape index (κ1) is 19.6. The fourth-order valence-electron chi connectivity index (χ4n) is 3.11.